The molecule has 0 aromatic rings. The first-order valence-electron chi connectivity index (χ1n) is 31.2. The number of rotatable bonds is 54. The lowest BCUT2D eigenvalue weighted by Crippen LogP contribution is -2.60. The van der Waals surface area contributed by atoms with E-state index in [1.54, 1.807) is 0 Å². The molecule has 1 saturated heterocycles. The Morgan fingerprint density at radius 2 is 0.822 bits per heavy atom. The molecule has 1 fully saturated rings. The van der Waals surface area contributed by atoms with Crippen molar-refractivity contribution in [1.82, 2.24) is 5.32 Å². The molecule has 432 valence electrons. The molecule has 0 bridgehead atoms. The number of hydrogen-bond donors (Lipinski definition) is 8. The molecule has 1 amide bonds. The van der Waals surface area contributed by atoms with Gasteiger partial charge in [-0.15, -0.1) is 0 Å². The molecule has 0 radical (unpaired) electrons. The van der Waals surface area contributed by atoms with Gasteiger partial charge in [0.2, 0.25) is 5.91 Å². The molecule has 11 heteroatoms. The number of carbonyl (C=O) groups is 1. The van der Waals surface area contributed by atoms with Gasteiger partial charge in [-0.3, -0.25) is 4.79 Å². The minimum atomic E-state index is -1.67. The maximum absolute atomic E-state index is 13.2. The fourth-order valence-electron chi connectivity index (χ4n) is 10.2. The van der Waals surface area contributed by atoms with Crippen LogP contribution in [0.2, 0.25) is 0 Å². The Bertz CT molecular complexity index is 1240. The zero-order valence-corrected chi connectivity index (χ0v) is 47.4. The Hall–Kier alpha value is -1.41. The van der Waals surface area contributed by atoms with Crippen LogP contribution in [0.1, 0.15) is 296 Å². The summed E-state index contributed by atoms with van der Waals surface area (Å²) in [4.78, 5) is 13.2. The number of ether oxygens (including phenoxy) is 2. The van der Waals surface area contributed by atoms with Gasteiger partial charge < -0.3 is 50.5 Å². The second-order valence-electron chi connectivity index (χ2n) is 22.1. The molecule has 1 aliphatic heterocycles. The van der Waals surface area contributed by atoms with Crippen molar-refractivity contribution in [2.24, 2.45) is 0 Å². The lowest BCUT2D eigenvalue weighted by Gasteiger charge is -2.40. The summed E-state index contributed by atoms with van der Waals surface area (Å²) in [6, 6.07) is -1.19. The van der Waals surface area contributed by atoms with E-state index in [1.807, 2.05) is 0 Å². The lowest BCUT2D eigenvalue weighted by molar-refractivity contribution is -0.303. The number of aliphatic hydroxyl groups is 7. The number of carbonyl (C=O) groups excluding carboxylic acids is 1. The minimum absolute atomic E-state index is 0.249. The van der Waals surface area contributed by atoms with Crippen LogP contribution in [0.15, 0.2) is 24.3 Å². The van der Waals surface area contributed by atoms with E-state index in [0.29, 0.717) is 19.3 Å². The van der Waals surface area contributed by atoms with E-state index in [9.17, 15) is 40.5 Å². The van der Waals surface area contributed by atoms with E-state index in [4.69, 9.17) is 9.47 Å². The van der Waals surface area contributed by atoms with E-state index in [1.165, 1.54) is 212 Å². The Morgan fingerprint density at radius 3 is 1.22 bits per heavy atom. The normalized spacial score (nSPS) is 20.0. The predicted octanol–water partition coefficient (Wildman–Crippen LogP) is 13.7. The molecule has 9 unspecified atom stereocenters. The predicted molar refractivity (Wildman–Crippen MR) is 302 cm³/mol. The van der Waals surface area contributed by atoms with E-state index in [0.717, 1.165) is 38.5 Å². The Kier molecular flexibility index (Phi) is 49.0. The summed E-state index contributed by atoms with van der Waals surface area (Å²) in [5.74, 6) is -0.705. The molecular weight excluding hydrogens is 919 g/mol. The van der Waals surface area contributed by atoms with Crippen LogP contribution in [0.4, 0.5) is 0 Å². The molecule has 8 N–H and O–H groups in total. The number of amides is 1. The highest BCUT2D eigenvalue weighted by Gasteiger charge is 2.44. The standard InChI is InChI=1S/C62H119NO10/c1-3-5-7-9-11-13-15-17-19-21-23-24-25-26-27-28-29-30-32-33-35-37-39-41-43-45-47-49-54(65)57(67)53(52-72-62-60(70)59(69)58(68)56(51-64)73-62)63-61(71)55(66)50-48-46-44-42-40-38-36-34-31-22-20-18-16-14-12-10-8-6-4-2/h33,35,41,43,53-60,62,64-70H,3-32,34,36-40,42,44-52H2,1-2H3,(H,63,71)/b35-33+,43-41+. The van der Waals surface area contributed by atoms with Crippen LogP contribution in [-0.4, -0.2) is 110 Å². The summed E-state index contributed by atoms with van der Waals surface area (Å²) in [5.41, 5.74) is 0. The number of nitrogens with one attached hydrogen (secondary N) is 1. The molecule has 0 aromatic heterocycles. The number of hydrogen-bond acceptors (Lipinski definition) is 10. The van der Waals surface area contributed by atoms with Gasteiger partial charge in [0.05, 0.1) is 25.4 Å². The molecule has 1 heterocycles. The highest BCUT2D eigenvalue weighted by atomic mass is 16.7. The van der Waals surface area contributed by atoms with Crippen molar-refractivity contribution in [2.45, 2.75) is 351 Å². The smallest absolute Gasteiger partial charge is 0.249 e. The maximum Gasteiger partial charge on any atom is 0.249 e. The number of aliphatic hydroxyl groups excluding tert-OH is 7. The molecule has 11 nitrogen and oxygen atoms in total. The summed E-state index contributed by atoms with van der Waals surface area (Å²) in [6.45, 7) is 3.48. The third kappa shape index (κ3) is 39.6. The highest BCUT2D eigenvalue weighted by Crippen LogP contribution is 2.23. The van der Waals surface area contributed by atoms with Crippen molar-refractivity contribution in [3.05, 3.63) is 24.3 Å². The monoisotopic (exact) mass is 1040 g/mol. The van der Waals surface area contributed by atoms with Crippen LogP contribution >= 0.6 is 0 Å². The van der Waals surface area contributed by atoms with Gasteiger partial charge in [0.25, 0.3) is 0 Å². The van der Waals surface area contributed by atoms with Gasteiger partial charge in [-0.2, -0.15) is 0 Å². The fourth-order valence-corrected chi connectivity index (χ4v) is 10.2. The van der Waals surface area contributed by atoms with E-state index < -0.39 is 74.2 Å². The van der Waals surface area contributed by atoms with Gasteiger partial charge in [-0.1, -0.05) is 269 Å². The molecule has 1 rings (SSSR count). The van der Waals surface area contributed by atoms with Crippen LogP contribution in [0.25, 0.3) is 0 Å². The largest absolute Gasteiger partial charge is 0.394 e. The van der Waals surface area contributed by atoms with Crippen molar-refractivity contribution in [3.63, 3.8) is 0 Å². The summed E-state index contributed by atoms with van der Waals surface area (Å²) in [6.07, 6.45) is 51.0. The maximum atomic E-state index is 13.2. The van der Waals surface area contributed by atoms with E-state index >= 15 is 0 Å². The van der Waals surface area contributed by atoms with Gasteiger partial charge in [-0.25, -0.2) is 0 Å². The Morgan fingerprint density at radius 1 is 0.466 bits per heavy atom. The van der Waals surface area contributed by atoms with Gasteiger partial charge in [-0.05, 0) is 51.4 Å². The van der Waals surface area contributed by atoms with Crippen molar-refractivity contribution >= 4 is 5.91 Å². The van der Waals surface area contributed by atoms with Gasteiger partial charge in [0.1, 0.15) is 36.6 Å². The van der Waals surface area contributed by atoms with Gasteiger partial charge >= 0.3 is 0 Å². The Labute approximate surface area is 448 Å². The quantitative estimate of drug-likeness (QED) is 0.0215. The van der Waals surface area contributed by atoms with Crippen LogP contribution in [0.3, 0.4) is 0 Å². The molecule has 0 saturated carbocycles. The average molecular weight is 1040 g/mol. The minimum Gasteiger partial charge on any atom is -0.394 e. The Balaban J connectivity index is 2.29. The lowest BCUT2D eigenvalue weighted by atomic mass is 9.98. The molecule has 0 spiro atoms. The fraction of sp³-hybridized carbons (Fsp3) is 0.919. The summed E-state index contributed by atoms with van der Waals surface area (Å²) in [5, 5.41) is 76.2. The summed E-state index contributed by atoms with van der Waals surface area (Å²) >= 11 is 0. The van der Waals surface area contributed by atoms with Crippen LogP contribution in [0.5, 0.6) is 0 Å². The van der Waals surface area contributed by atoms with Crippen LogP contribution in [-0.2, 0) is 14.3 Å². The third-order valence-electron chi connectivity index (χ3n) is 15.2. The van der Waals surface area contributed by atoms with Crippen molar-refractivity contribution in [1.29, 1.82) is 0 Å². The van der Waals surface area contributed by atoms with Gasteiger partial charge in [0, 0.05) is 0 Å². The van der Waals surface area contributed by atoms with Crippen LogP contribution < -0.4 is 5.32 Å². The van der Waals surface area contributed by atoms with Gasteiger partial charge in [0.15, 0.2) is 6.29 Å². The zero-order chi connectivity index (χ0) is 53.3. The average Bonchev–Trinajstić information content (AvgIpc) is 3.39. The molecular formula is C62H119NO10. The second-order valence-corrected chi connectivity index (χ2v) is 22.1. The number of unbranched alkanes of at least 4 members (excludes halogenated alkanes) is 38. The van der Waals surface area contributed by atoms with Crippen LogP contribution in [0, 0.1) is 0 Å². The topological polar surface area (TPSA) is 189 Å². The SMILES string of the molecule is CCCCCCCCCCCCCCCCCCCC/C=C/CC/C=C/CCCC(O)C(O)C(COC1OC(CO)C(O)C(O)C1O)NC(=O)C(O)CCCCCCCCCCCCCCCCCCCCC. The first kappa shape index (κ1) is 69.6. The summed E-state index contributed by atoms with van der Waals surface area (Å²) in [7, 11) is 0. The van der Waals surface area contributed by atoms with E-state index in [2.05, 4.69) is 43.5 Å². The number of allylic oxidation sites excluding steroid dienone is 4. The zero-order valence-electron chi connectivity index (χ0n) is 47.4. The van der Waals surface area contributed by atoms with E-state index in [-0.39, 0.29) is 12.8 Å². The molecule has 0 aliphatic carbocycles. The third-order valence-corrected chi connectivity index (χ3v) is 15.2. The van der Waals surface area contributed by atoms with Crippen molar-refractivity contribution < 1.29 is 50.0 Å². The second kappa shape index (κ2) is 51.4. The molecule has 9 atom stereocenters. The molecule has 0 aromatic carbocycles. The summed E-state index contributed by atoms with van der Waals surface area (Å²) < 4.78 is 11.1. The first-order valence-corrected chi connectivity index (χ1v) is 31.2. The molecule has 73 heavy (non-hydrogen) atoms. The van der Waals surface area contributed by atoms with Crippen molar-refractivity contribution in [3.8, 4) is 0 Å². The highest BCUT2D eigenvalue weighted by molar-refractivity contribution is 5.80. The van der Waals surface area contributed by atoms with Crippen molar-refractivity contribution in [2.75, 3.05) is 13.2 Å². The first-order chi connectivity index (χ1) is 35.7. The molecule has 1 aliphatic rings.